The minimum atomic E-state index is 0.618. The van der Waals surface area contributed by atoms with E-state index in [0.717, 1.165) is 28.6 Å². The van der Waals surface area contributed by atoms with Gasteiger partial charge in [0, 0.05) is 0 Å². The highest BCUT2D eigenvalue weighted by molar-refractivity contribution is 6.33. The minimum absolute atomic E-state index is 0.618. The van der Waals surface area contributed by atoms with Crippen LogP contribution >= 0.6 is 0 Å². The van der Waals surface area contributed by atoms with Crippen LogP contribution in [0.2, 0.25) is 0 Å². The molecule has 0 aromatic heterocycles. The molecule has 5 rings (SSSR count). The van der Waals surface area contributed by atoms with Gasteiger partial charge in [0.05, 0.1) is 11.4 Å². The van der Waals surface area contributed by atoms with Crippen molar-refractivity contribution in [2.45, 2.75) is 0 Å². The summed E-state index contributed by atoms with van der Waals surface area (Å²) in [6.45, 7) is 0. The van der Waals surface area contributed by atoms with Gasteiger partial charge in [0.15, 0.2) is 23.0 Å². The van der Waals surface area contributed by atoms with Crippen LogP contribution in [0.1, 0.15) is 0 Å². The zero-order valence-corrected chi connectivity index (χ0v) is 11.6. The number of hydrogen-bond acceptors (Lipinski definition) is 3. The topological polar surface area (TPSA) is 21.7 Å². The second-order valence-corrected chi connectivity index (χ2v) is 5.34. The molecule has 0 saturated heterocycles. The van der Waals surface area contributed by atoms with E-state index in [9.17, 15) is 0 Å². The fourth-order valence-corrected chi connectivity index (χ4v) is 3.04. The van der Waals surface area contributed by atoms with Crippen molar-refractivity contribution in [2.24, 2.45) is 0 Å². The molecule has 0 atom stereocenters. The van der Waals surface area contributed by atoms with Crippen molar-refractivity contribution in [3.05, 3.63) is 60.7 Å². The summed E-state index contributed by atoms with van der Waals surface area (Å²) in [5.74, 6) is 3.04. The Morgan fingerprint density at radius 2 is 1.18 bits per heavy atom. The highest BCUT2D eigenvalue weighted by atomic mass is 16.5. The standard InChI is InChI=1S/C18H10BNO2/c19-11-9-16-18-17(10-11)22-15-8-4-2-6-13(15)20(18)12-5-1-3-7-14(12)21-16/h1-10H. The van der Waals surface area contributed by atoms with E-state index in [-0.39, 0.29) is 0 Å². The lowest BCUT2D eigenvalue weighted by Gasteiger charge is -2.38. The number of benzene rings is 3. The van der Waals surface area contributed by atoms with E-state index < -0.39 is 0 Å². The van der Waals surface area contributed by atoms with Crippen LogP contribution < -0.4 is 19.8 Å². The predicted octanol–water partition coefficient (Wildman–Crippen LogP) is 4.16. The molecule has 0 aliphatic carbocycles. The molecule has 102 valence electrons. The summed E-state index contributed by atoms with van der Waals surface area (Å²) >= 11 is 0. The third kappa shape index (κ3) is 1.47. The zero-order chi connectivity index (χ0) is 14.7. The average Bonchev–Trinajstić information content (AvgIpc) is 2.54. The van der Waals surface area contributed by atoms with E-state index in [1.807, 2.05) is 60.7 Å². The van der Waals surface area contributed by atoms with Crippen molar-refractivity contribution in [3.63, 3.8) is 0 Å². The molecule has 3 aromatic carbocycles. The van der Waals surface area contributed by atoms with Crippen LogP contribution in [0.5, 0.6) is 23.0 Å². The van der Waals surface area contributed by atoms with Gasteiger partial charge in [-0.25, -0.2) is 0 Å². The Labute approximate surface area is 129 Å². The van der Waals surface area contributed by atoms with Gasteiger partial charge in [-0.1, -0.05) is 29.7 Å². The van der Waals surface area contributed by atoms with Crippen molar-refractivity contribution in [1.82, 2.24) is 0 Å². The van der Waals surface area contributed by atoms with Gasteiger partial charge in [-0.2, -0.15) is 0 Å². The second kappa shape index (κ2) is 4.07. The first-order valence-electron chi connectivity index (χ1n) is 7.09. The van der Waals surface area contributed by atoms with E-state index in [2.05, 4.69) is 4.90 Å². The van der Waals surface area contributed by atoms with Crippen LogP contribution in [0, 0.1) is 0 Å². The summed E-state index contributed by atoms with van der Waals surface area (Å²) in [5, 5.41) is 0. The van der Waals surface area contributed by atoms with Crippen LogP contribution in [0.25, 0.3) is 0 Å². The smallest absolute Gasteiger partial charge is 0.154 e. The zero-order valence-electron chi connectivity index (χ0n) is 11.6. The molecule has 0 fully saturated rings. The Hall–Kier alpha value is -2.88. The van der Waals surface area contributed by atoms with Crippen molar-refractivity contribution in [3.8, 4) is 23.0 Å². The largest absolute Gasteiger partial charge is 0.453 e. The molecular formula is C18H10BNO2. The molecule has 0 spiro atoms. The van der Waals surface area contributed by atoms with Crippen LogP contribution in [0.15, 0.2) is 60.7 Å². The van der Waals surface area contributed by atoms with Gasteiger partial charge in [-0.05, 0) is 36.4 Å². The SMILES string of the molecule is [B]c1cc2c3c(c1)Oc1ccccc1N3c1ccccc1O2. The number of nitrogens with zero attached hydrogens (tertiary/aromatic N) is 1. The van der Waals surface area contributed by atoms with E-state index in [1.165, 1.54) is 0 Å². The van der Waals surface area contributed by atoms with Crippen molar-refractivity contribution >= 4 is 30.4 Å². The maximum absolute atomic E-state index is 6.02. The summed E-state index contributed by atoms with van der Waals surface area (Å²) in [7, 11) is 5.99. The Morgan fingerprint density at radius 3 is 1.73 bits per heavy atom. The number of anilines is 3. The molecule has 0 unspecified atom stereocenters. The van der Waals surface area contributed by atoms with Crippen molar-refractivity contribution in [2.75, 3.05) is 4.90 Å². The summed E-state index contributed by atoms with van der Waals surface area (Å²) < 4.78 is 12.0. The van der Waals surface area contributed by atoms with Gasteiger partial charge in [0.25, 0.3) is 0 Å². The molecule has 2 aliphatic heterocycles. The minimum Gasteiger partial charge on any atom is -0.453 e. The highest BCUT2D eigenvalue weighted by Gasteiger charge is 2.34. The van der Waals surface area contributed by atoms with Gasteiger partial charge < -0.3 is 9.47 Å². The first-order valence-corrected chi connectivity index (χ1v) is 7.09. The lowest BCUT2D eigenvalue weighted by Crippen LogP contribution is -2.21. The lowest BCUT2D eigenvalue weighted by atomic mass is 9.94. The Balaban J connectivity index is 1.88. The molecule has 3 nitrogen and oxygen atoms in total. The molecule has 2 radical (unpaired) electrons. The maximum atomic E-state index is 6.02. The van der Waals surface area contributed by atoms with Gasteiger partial charge >= 0.3 is 0 Å². The quantitative estimate of drug-likeness (QED) is 0.398. The van der Waals surface area contributed by atoms with Gasteiger partial charge in [-0.15, -0.1) is 0 Å². The molecule has 0 saturated carbocycles. The number of para-hydroxylation sites is 4. The van der Waals surface area contributed by atoms with Gasteiger partial charge in [-0.3, -0.25) is 4.90 Å². The highest BCUT2D eigenvalue weighted by Crippen LogP contribution is 2.58. The van der Waals surface area contributed by atoms with Crippen molar-refractivity contribution < 1.29 is 9.47 Å². The molecule has 2 heterocycles. The van der Waals surface area contributed by atoms with Crippen LogP contribution in [0.4, 0.5) is 17.1 Å². The van der Waals surface area contributed by atoms with E-state index in [0.29, 0.717) is 17.0 Å². The van der Waals surface area contributed by atoms with Gasteiger partial charge in [0.1, 0.15) is 13.5 Å². The van der Waals surface area contributed by atoms with Crippen LogP contribution in [-0.4, -0.2) is 7.85 Å². The normalized spacial score (nSPS) is 13.4. The molecule has 0 bridgehead atoms. The fraction of sp³-hybridized carbons (Fsp3) is 0. The van der Waals surface area contributed by atoms with Crippen LogP contribution in [-0.2, 0) is 0 Å². The molecule has 3 aromatic rings. The summed E-state index contributed by atoms with van der Waals surface area (Å²) in [6, 6.07) is 19.6. The monoisotopic (exact) mass is 283 g/mol. The van der Waals surface area contributed by atoms with E-state index in [1.54, 1.807) is 0 Å². The number of fused-ring (bicyclic) bond motifs is 4. The van der Waals surface area contributed by atoms with Crippen LogP contribution in [0.3, 0.4) is 0 Å². The third-order valence-corrected chi connectivity index (χ3v) is 3.94. The number of hydrogen-bond donors (Lipinski definition) is 0. The molecule has 4 heteroatoms. The first-order chi connectivity index (χ1) is 10.8. The third-order valence-electron chi connectivity index (χ3n) is 3.94. The fourth-order valence-electron chi connectivity index (χ4n) is 3.04. The number of rotatable bonds is 0. The molecular weight excluding hydrogens is 273 g/mol. The van der Waals surface area contributed by atoms with E-state index >= 15 is 0 Å². The maximum Gasteiger partial charge on any atom is 0.154 e. The lowest BCUT2D eigenvalue weighted by molar-refractivity contribution is 0.446. The molecule has 0 amide bonds. The number of ether oxygens (including phenoxy) is 2. The summed E-state index contributed by atoms with van der Waals surface area (Å²) in [5.41, 5.74) is 3.51. The second-order valence-electron chi connectivity index (χ2n) is 5.34. The Kier molecular flexibility index (Phi) is 2.18. The average molecular weight is 283 g/mol. The van der Waals surface area contributed by atoms with Gasteiger partial charge in [0.2, 0.25) is 0 Å². The molecule has 22 heavy (non-hydrogen) atoms. The predicted molar refractivity (Wildman–Crippen MR) is 86.7 cm³/mol. The Morgan fingerprint density at radius 1 is 0.682 bits per heavy atom. The van der Waals surface area contributed by atoms with Crippen molar-refractivity contribution in [1.29, 1.82) is 0 Å². The first kappa shape index (κ1) is 11.7. The van der Waals surface area contributed by atoms with E-state index in [4.69, 9.17) is 17.3 Å². The summed E-state index contributed by atoms with van der Waals surface area (Å²) in [6.07, 6.45) is 0. The molecule has 2 aliphatic rings. The molecule has 0 N–H and O–H groups in total. The summed E-state index contributed by atoms with van der Waals surface area (Å²) in [4.78, 5) is 2.17. The Bertz CT molecular complexity index is 852.